The SMILES string of the molecule is Cc1cc2nc(O)nc(C)c2o1. The van der Waals surface area contributed by atoms with Gasteiger partial charge in [0.1, 0.15) is 11.3 Å². The molecule has 2 aromatic heterocycles. The predicted molar refractivity (Wildman–Crippen MR) is 42.9 cm³/mol. The monoisotopic (exact) mass is 164 g/mol. The van der Waals surface area contributed by atoms with Gasteiger partial charge >= 0.3 is 6.01 Å². The smallest absolute Gasteiger partial charge is 0.314 e. The summed E-state index contributed by atoms with van der Waals surface area (Å²) in [5.74, 6) is 0.771. The zero-order valence-electron chi connectivity index (χ0n) is 6.83. The van der Waals surface area contributed by atoms with Crippen LogP contribution < -0.4 is 0 Å². The number of rotatable bonds is 0. The molecule has 0 aliphatic rings. The van der Waals surface area contributed by atoms with Gasteiger partial charge in [0.25, 0.3) is 0 Å². The van der Waals surface area contributed by atoms with E-state index in [4.69, 9.17) is 9.52 Å². The molecule has 0 aromatic carbocycles. The van der Waals surface area contributed by atoms with Gasteiger partial charge in [-0.25, -0.2) is 0 Å². The van der Waals surface area contributed by atoms with Gasteiger partial charge in [0.15, 0.2) is 5.58 Å². The number of aromatic nitrogens is 2. The summed E-state index contributed by atoms with van der Waals surface area (Å²) in [5.41, 5.74) is 1.95. The van der Waals surface area contributed by atoms with Gasteiger partial charge in [0.05, 0.1) is 5.69 Å². The number of hydrogen-bond acceptors (Lipinski definition) is 4. The third-order valence-corrected chi connectivity index (χ3v) is 1.65. The van der Waals surface area contributed by atoms with Crippen molar-refractivity contribution in [2.45, 2.75) is 13.8 Å². The Morgan fingerprint density at radius 3 is 2.83 bits per heavy atom. The van der Waals surface area contributed by atoms with E-state index in [2.05, 4.69) is 9.97 Å². The van der Waals surface area contributed by atoms with E-state index >= 15 is 0 Å². The zero-order chi connectivity index (χ0) is 8.72. The van der Waals surface area contributed by atoms with Gasteiger partial charge in [-0.3, -0.25) is 0 Å². The van der Waals surface area contributed by atoms with Crippen LogP contribution in [0.2, 0.25) is 0 Å². The Kier molecular flexibility index (Phi) is 1.30. The van der Waals surface area contributed by atoms with Crippen LogP contribution in [0.5, 0.6) is 6.01 Å². The summed E-state index contributed by atoms with van der Waals surface area (Å²) in [6.07, 6.45) is 0. The van der Waals surface area contributed by atoms with Crippen LogP contribution in [-0.4, -0.2) is 15.1 Å². The number of hydrogen-bond donors (Lipinski definition) is 1. The van der Waals surface area contributed by atoms with Crippen LogP contribution >= 0.6 is 0 Å². The highest BCUT2D eigenvalue weighted by molar-refractivity contribution is 5.75. The van der Waals surface area contributed by atoms with E-state index in [1.807, 2.05) is 6.92 Å². The normalized spacial score (nSPS) is 10.8. The van der Waals surface area contributed by atoms with Crippen molar-refractivity contribution in [1.29, 1.82) is 0 Å². The van der Waals surface area contributed by atoms with Crippen molar-refractivity contribution < 1.29 is 9.52 Å². The Bertz CT molecular complexity index is 434. The Morgan fingerprint density at radius 2 is 2.08 bits per heavy atom. The Morgan fingerprint density at radius 1 is 1.33 bits per heavy atom. The van der Waals surface area contributed by atoms with Crippen LogP contribution in [0, 0.1) is 13.8 Å². The molecule has 0 aliphatic carbocycles. The molecule has 0 unspecified atom stereocenters. The van der Waals surface area contributed by atoms with Crippen molar-refractivity contribution in [1.82, 2.24) is 9.97 Å². The summed E-state index contributed by atoms with van der Waals surface area (Å²) < 4.78 is 5.32. The second kappa shape index (κ2) is 2.20. The van der Waals surface area contributed by atoms with Gasteiger partial charge in [-0.05, 0) is 13.8 Å². The van der Waals surface area contributed by atoms with Gasteiger partial charge in [0.2, 0.25) is 0 Å². The highest BCUT2D eigenvalue weighted by atomic mass is 16.3. The number of furan rings is 1. The Balaban J connectivity index is 2.88. The van der Waals surface area contributed by atoms with Crippen molar-refractivity contribution in [3.8, 4) is 6.01 Å². The van der Waals surface area contributed by atoms with E-state index in [0.717, 1.165) is 5.76 Å². The molecule has 0 aliphatic heterocycles. The molecule has 0 bridgehead atoms. The van der Waals surface area contributed by atoms with Gasteiger partial charge in [-0.1, -0.05) is 0 Å². The number of nitrogens with zero attached hydrogens (tertiary/aromatic N) is 2. The first-order valence-electron chi connectivity index (χ1n) is 3.60. The first kappa shape index (κ1) is 7.09. The van der Waals surface area contributed by atoms with Crippen molar-refractivity contribution in [2.24, 2.45) is 0 Å². The lowest BCUT2D eigenvalue weighted by Crippen LogP contribution is -1.85. The third kappa shape index (κ3) is 0.922. The fourth-order valence-electron chi connectivity index (χ4n) is 1.18. The molecule has 2 aromatic rings. The molecular formula is C8H8N2O2. The molecule has 4 nitrogen and oxygen atoms in total. The lowest BCUT2D eigenvalue weighted by molar-refractivity contribution is 0.430. The largest absolute Gasteiger partial charge is 0.479 e. The molecule has 0 amide bonds. The molecule has 0 spiro atoms. The van der Waals surface area contributed by atoms with Gasteiger partial charge in [0, 0.05) is 6.07 Å². The average Bonchev–Trinajstić information content (AvgIpc) is 2.29. The quantitative estimate of drug-likeness (QED) is 0.641. The maximum atomic E-state index is 9.06. The number of aromatic hydroxyl groups is 1. The minimum atomic E-state index is -0.208. The summed E-state index contributed by atoms with van der Waals surface area (Å²) in [6, 6.07) is 1.56. The summed E-state index contributed by atoms with van der Waals surface area (Å²) in [4.78, 5) is 7.57. The minimum Gasteiger partial charge on any atom is -0.479 e. The second-order valence-electron chi connectivity index (χ2n) is 2.68. The first-order chi connectivity index (χ1) is 5.66. The molecule has 0 saturated carbocycles. The van der Waals surface area contributed by atoms with Crippen LogP contribution in [0.3, 0.4) is 0 Å². The van der Waals surface area contributed by atoms with Crippen LogP contribution in [0.15, 0.2) is 10.5 Å². The second-order valence-corrected chi connectivity index (χ2v) is 2.68. The van der Waals surface area contributed by atoms with Crippen molar-refractivity contribution >= 4 is 11.1 Å². The minimum absolute atomic E-state index is 0.208. The molecule has 0 radical (unpaired) electrons. The summed E-state index contributed by atoms with van der Waals surface area (Å²) in [5, 5.41) is 9.06. The maximum Gasteiger partial charge on any atom is 0.314 e. The van der Waals surface area contributed by atoms with Crippen LogP contribution in [0.25, 0.3) is 11.1 Å². The van der Waals surface area contributed by atoms with Crippen LogP contribution in [-0.2, 0) is 0 Å². The lowest BCUT2D eigenvalue weighted by Gasteiger charge is -1.93. The molecule has 12 heavy (non-hydrogen) atoms. The zero-order valence-corrected chi connectivity index (χ0v) is 6.83. The first-order valence-corrected chi connectivity index (χ1v) is 3.60. The molecule has 0 saturated heterocycles. The van der Waals surface area contributed by atoms with Gasteiger partial charge < -0.3 is 9.52 Å². The van der Waals surface area contributed by atoms with Gasteiger partial charge in [-0.2, -0.15) is 9.97 Å². The maximum absolute atomic E-state index is 9.06. The van der Waals surface area contributed by atoms with E-state index < -0.39 is 0 Å². The molecule has 4 heteroatoms. The molecule has 2 heterocycles. The molecule has 2 rings (SSSR count). The lowest BCUT2D eigenvalue weighted by atomic mass is 10.3. The predicted octanol–water partition coefficient (Wildman–Crippen LogP) is 1.55. The Labute approximate surface area is 68.9 Å². The van der Waals surface area contributed by atoms with E-state index in [1.165, 1.54) is 0 Å². The number of aryl methyl sites for hydroxylation is 2. The van der Waals surface area contributed by atoms with E-state index in [-0.39, 0.29) is 6.01 Å². The summed E-state index contributed by atoms with van der Waals surface area (Å²) >= 11 is 0. The van der Waals surface area contributed by atoms with E-state index in [9.17, 15) is 0 Å². The number of fused-ring (bicyclic) bond motifs is 1. The van der Waals surface area contributed by atoms with Crippen molar-refractivity contribution in [3.05, 3.63) is 17.5 Å². The summed E-state index contributed by atoms with van der Waals surface area (Å²) in [7, 11) is 0. The third-order valence-electron chi connectivity index (χ3n) is 1.65. The fraction of sp³-hybridized carbons (Fsp3) is 0.250. The topological polar surface area (TPSA) is 59.2 Å². The molecule has 62 valence electrons. The van der Waals surface area contributed by atoms with Crippen molar-refractivity contribution in [2.75, 3.05) is 0 Å². The summed E-state index contributed by atoms with van der Waals surface area (Å²) in [6.45, 7) is 3.60. The fourth-order valence-corrected chi connectivity index (χ4v) is 1.18. The molecule has 1 N–H and O–H groups in total. The average molecular weight is 164 g/mol. The van der Waals surface area contributed by atoms with Crippen LogP contribution in [0.4, 0.5) is 0 Å². The standard InChI is InChI=1S/C8H8N2O2/c1-4-3-6-7(12-4)5(2)9-8(11)10-6/h3H,1-2H3,(H,9,10,11). The molecule has 0 fully saturated rings. The highest BCUT2D eigenvalue weighted by Gasteiger charge is 2.07. The van der Waals surface area contributed by atoms with E-state index in [1.54, 1.807) is 13.0 Å². The Hall–Kier alpha value is -1.58. The van der Waals surface area contributed by atoms with Gasteiger partial charge in [-0.15, -0.1) is 0 Å². The molecule has 0 atom stereocenters. The highest BCUT2D eigenvalue weighted by Crippen LogP contribution is 2.20. The van der Waals surface area contributed by atoms with E-state index in [0.29, 0.717) is 16.8 Å². The van der Waals surface area contributed by atoms with Crippen LogP contribution in [0.1, 0.15) is 11.5 Å². The molecular weight excluding hydrogens is 156 g/mol. The van der Waals surface area contributed by atoms with Crippen molar-refractivity contribution in [3.63, 3.8) is 0 Å².